The monoisotopic (exact) mass is 403 g/mol. The van der Waals surface area contributed by atoms with E-state index in [0.29, 0.717) is 12.4 Å². The first-order valence-corrected chi connectivity index (χ1v) is 9.96. The third-order valence-electron chi connectivity index (χ3n) is 5.58. The highest BCUT2D eigenvalue weighted by Gasteiger charge is 2.22. The van der Waals surface area contributed by atoms with Crippen LogP contribution in [0, 0.1) is 11.3 Å². The number of ether oxygens (including phenoxy) is 1. The second-order valence-electron chi connectivity index (χ2n) is 7.38. The molecule has 0 atom stereocenters. The maximum Gasteiger partial charge on any atom is 0.155 e. The Bertz CT molecular complexity index is 1120. The van der Waals surface area contributed by atoms with Crippen LogP contribution < -0.4 is 9.64 Å². The predicted molar refractivity (Wildman–Crippen MR) is 118 cm³/mol. The third-order valence-corrected chi connectivity index (χ3v) is 5.58. The van der Waals surface area contributed by atoms with Gasteiger partial charge >= 0.3 is 0 Å². The Balaban J connectivity index is 1.47. The van der Waals surface area contributed by atoms with Gasteiger partial charge in [-0.25, -0.2) is 4.98 Å². The van der Waals surface area contributed by atoms with Gasteiger partial charge in [0.25, 0.3) is 0 Å². The van der Waals surface area contributed by atoms with E-state index in [1.165, 1.54) is 0 Å². The molecular weight excluding hydrogens is 378 g/mol. The Kier molecular flexibility index (Phi) is 5.59. The number of imidazole rings is 1. The lowest BCUT2D eigenvalue weighted by Gasteiger charge is -2.36. The van der Waals surface area contributed by atoms with Gasteiger partial charge in [0, 0.05) is 45.0 Å². The lowest BCUT2D eigenvalue weighted by Crippen LogP contribution is -2.47. The summed E-state index contributed by atoms with van der Waals surface area (Å²) in [7, 11) is 3.53. The number of benzene rings is 2. The van der Waals surface area contributed by atoms with Crippen molar-refractivity contribution in [2.45, 2.75) is 0 Å². The van der Waals surface area contributed by atoms with Gasteiger partial charge in [0.1, 0.15) is 23.2 Å². The van der Waals surface area contributed by atoms with E-state index >= 15 is 0 Å². The molecule has 1 fully saturated rings. The van der Waals surface area contributed by atoms with Crippen molar-refractivity contribution in [2.24, 2.45) is 7.05 Å². The molecule has 0 spiro atoms. The van der Waals surface area contributed by atoms with Gasteiger partial charge in [-0.15, -0.1) is 0 Å². The van der Waals surface area contributed by atoms with E-state index in [-0.39, 0.29) is 11.3 Å². The first-order chi connectivity index (χ1) is 14.6. The van der Waals surface area contributed by atoms with Gasteiger partial charge in [0.05, 0.1) is 24.7 Å². The van der Waals surface area contributed by atoms with Crippen molar-refractivity contribution in [3.63, 3.8) is 0 Å². The van der Waals surface area contributed by atoms with Crippen molar-refractivity contribution in [3.05, 3.63) is 60.1 Å². The van der Waals surface area contributed by atoms with Crippen molar-refractivity contribution in [1.82, 2.24) is 14.5 Å². The lowest BCUT2D eigenvalue weighted by molar-refractivity contribution is 0.239. The maximum atomic E-state index is 10.7. The quantitative estimate of drug-likeness (QED) is 0.521. The first-order valence-electron chi connectivity index (χ1n) is 9.96. The van der Waals surface area contributed by atoms with E-state index in [4.69, 9.17) is 4.74 Å². The van der Waals surface area contributed by atoms with E-state index in [1.807, 2.05) is 54.1 Å². The molecule has 0 radical (unpaired) electrons. The first kappa shape index (κ1) is 19.8. The highest BCUT2D eigenvalue weighted by Crippen LogP contribution is 2.24. The molecule has 154 valence electrons. The number of methoxy groups -OCH3 is 1. The number of para-hydroxylation sites is 2. The predicted octanol–water partition coefficient (Wildman–Crippen LogP) is 3.20. The maximum absolute atomic E-state index is 10.7. The van der Waals surface area contributed by atoms with Crippen LogP contribution in [-0.4, -0.2) is 59.4 Å². The van der Waals surface area contributed by atoms with Gasteiger partial charge in [-0.3, -0.25) is 4.90 Å². The molecule has 7 heteroatoms. The number of nitrogens with zero attached hydrogens (tertiary/aromatic N) is 5. The molecule has 2 heterocycles. The number of rotatable bonds is 5. The number of hydrogen-bond acceptors (Lipinski definition) is 6. The highest BCUT2D eigenvalue weighted by atomic mass is 16.5. The summed E-state index contributed by atoms with van der Waals surface area (Å²) >= 11 is 0. The molecule has 1 aromatic heterocycles. The zero-order chi connectivity index (χ0) is 21.1. The van der Waals surface area contributed by atoms with Crippen LogP contribution in [0.15, 0.2) is 54.3 Å². The van der Waals surface area contributed by atoms with Crippen molar-refractivity contribution in [1.29, 1.82) is 5.26 Å². The van der Waals surface area contributed by atoms with Gasteiger partial charge in [-0.2, -0.15) is 5.26 Å². The molecule has 2 aromatic carbocycles. The number of aliphatic hydroxyl groups is 1. The van der Waals surface area contributed by atoms with Crippen molar-refractivity contribution < 1.29 is 9.84 Å². The zero-order valence-electron chi connectivity index (χ0n) is 17.2. The van der Waals surface area contributed by atoms with Crippen molar-refractivity contribution >= 4 is 22.3 Å². The van der Waals surface area contributed by atoms with Crippen LogP contribution >= 0.6 is 0 Å². The summed E-state index contributed by atoms with van der Waals surface area (Å²) in [6.45, 7) is 3.60. The standard InChI is InChI=1S/C23H25N5O2/c1-26-21-9-4-3-8-20(21)25-23(26)19(15-24)22(29)16-27-10-12-28(13-11-27)17-6-5-7-18(14-17)30-2/h3-9,14,29H,10-13,16H2,1-2H3/b22-19-. The Labute approximate surface area is 176 Å². The van der Waals surface area contributed by atoms with Gasteiger partial charge < -0.3 is 19.3 Å². The number of allylic oxidation sites excluding steroid dienone is 1. The summed E-state index contributed by atoms with van der Waals surface area (Å²) in [6, 6.07) is 17.9. The summed E-state index contributed by atoms with van der Waals surface area (Å²) in [5.74, 6) is 1.40. The molecule has 1 N–H and O–H groups in total. The van der Waals surface area contributed by atoms with Crippen LogP contribution in [0.5, 0.6) is 5.75 Å². The average molecular weight is 403 g/mol. The number of aromatic nitrogens is 2. The number of hydrogen-bond donors (Lipinski definition) is 1. The average Bonchev–Trinajstić information content (AvgIpc) is 3.11. The minimum Gasteiger partial charge on any atom is -0.509 e. The summed E-state index contributed by atoms with van der Waals surface area (Å²) in [6.07, 6.45) is 0. The lowest BCUT2D eigenvalue weighted by atomic mass is 10.2. The van der Waals surface area contributed by atoms with Crippen LogP contribution in [0.25, 0.3) is 16.6 Å². The van der Waals surface area contributed by atoms with Gasteiger partial charge in [0.15, 0.2) is 5.82 Å². The second kappa shape index (κ2) is 8.47. The molecule has 0 saturated carbocycles. The molecule has 4 rings (SSSR count). The van der Waals surface area contributed by atoms with Gasteiger partial charge in [-0.05, 0) is 24.3 Å². The van der Waals surface area contributed by atoms with E-state index in [9.17, 15) is 10.4 Å². The number of piperazine rings is 1. The number of nitriles is 1. The molecule has 0 amide bonds. The molecule has 0 aliphatic carbocycles. The third kappa shape index (κ3) is 3.82. The smallest absolute Gasteiger partial charge is 0.155 e. The Hall–Kier alpha value is -3.50. The van der Waals surface area contributed by atoms with Crippen LogP contribution in [0.2, 0.25) is 0 Å². The molecule has 0 unspecified atom stereocenters. The molecule has 1 aliphatic rings. The van der Waals surface area contributed by atoms with Crippen molar-refractivity contribution in [2.75, 3.05) is 44.7 Å². The Morgan fingerprint density at radius 1 is 1.13 bits per heavy atom. The summed E-state index contributed by atoms with van der Waals surface area (Å²) in [5.41, 5.74) is 3.09. The number of aryl methyl sites for hydroxylation is 1. The van der Waals surface area contributed by atoms with E-state index in [1.54, 1.807) is 7.11 Å². The van der Waals surface area contributed by atoms with Crippen molar-refractivity contribution in [3.8, 4) is 11.8 Å². The van der Waals surface area contributed by atoms with E-state index in [0.717, 1.165) is 48.6 Å². The molecular formula is C23H25N5O2. The molecule has 1 saturated heterocycles. The fourth-order valence-electron chi connectivity index (χ4n) is 3.87. The van der Waals surface area contributed by atoms with Crippen LogP contribution in [0.4, 0.5) is 5.69 Å². The fourth-order valence-corrected chi connectivity index (χ4v) is 3.87. The molecule has 1 aliphatic heterocycles. The molecule has 30 heavy (non-hydrogen) atoms. The summed E-state index contributed by atoms with van der Waals surface area (Å²) in [5, 5.41) is 20.5. The minimum absolute atomic E-state index is 0.0609. The fraction of sp³-hybridized carbons (Fsp3) is 0.304. The summed E-state index contributed by atoms with van der Waals surface area (Å²) in [4.78, 5) is 9.01. The molecule has 7 nitrogen and oxygen atoms in total. The SMILES string of the molecule is COc1cccc(N2CCN(C/C(O)=C(\C#N)c3nc4ccccc4n3C)CC2)c1. The van der Waals surface area contributed by atoms with Gasteiger partial charge in [0.2, 0.25) is 0 Å². The van der Waals surface area contributed by atoms with Gasteiger partial charge in [-0.1, -0.05) is 18.2 Å². The van der Waals surface area contributed by atoms with Crippen LogP contribution in [0.3, 0.4) is 0 Å². The number of anilines is 1. The van der Waals surface area contributed by atoms with E-state index in [2.05, 4.69) is 26.9 Å². The molecule has 3 aromatic rings. The Morgan fingerprint density at radius 2 is 1.90 bits per heavy atom. The largest absolute Gasteiger partial charge is 0.509 e. The number of fused-ring (bicyclic) bond motifs is 1. The summed E-state index contributed by atoms with van der Waals surface area (Å²) < 4.78 is 7.17. The van der Waals surface area contributed by atoms with Crippen LogP contribution in [0.1, 0.15) is 5.82 Å². The normalized spacial score (nSPS) is 15.7. The second-order valence-corrected chi connectivity index (χ2v) is 7.38. The number of aliphatic hydroxyl groups excluding tert-OH is 1. The molecule has 0 bridgehead atoms. The topological polar surface area (TPSA) is 77.6 Å². The zero-order valence-corrected chi connectivity index (χ0v) is 17.2. The Morgan fingerprint density at radius 3 is 2.60 bits per heavy atom. The minimum atomic E-state index is 0.0609. The van der Waals surface area contributed by atoms with E-state index < -0.39 is 0 Å². The van der Waals surface area contributed by atoms with Crippen LogP contribution in [-0.2, 0) is 7.05 Å². The highest BCUT2D eigenvalue weighted by molar-refractivity contribution is 5.83.